The van der Waals surface area contributed by atoms with Crippen LogP contribution in [0.25, 0.3) is 15.7 Å². The Morgan fingerprint density at radius 3 is 2.73 bits per heavy atom. The zero-order valence-corrected chi connectivity index (χ0v) is 8.14. The van der Waals surface area contributed by atoms with Gasteiger partial charge in [0.2, 0.25) is 11.1 Å². The highest BCUT2D eigenvalue weighted by molar-refractivity contribution is 5.97. The highest BCUT2D eigenvalue weighted by Gasteiger charge is 2.18. The van der Waals surface area contributed by atoms with Crippen LogP contribution < -0.4 is 4.74 Å². The van der Waals surface area contributed by atoms with Crippen LogP contribution in [0, 0.1) is 5.39 Å². The molecule has 2 aromatic rings. The van der Waals surface area contributed by atoms with Gasteiger partial charge in [-0.1, -0.05) is 12.1 Å². The zero-order valence-electron chi connectivity index (χ0n) is 8.14. The Morgan fingerprint density at radius 2 is 2.07 bits per heavy atom. The summed E-state index contributed by atoms with van der Waals surface area (Å²) in [5.74, 6) is 0.475. The van der Waals surface area contributed by atoms with E-state index in [1.165, 1.54) is 13.2 Å². The Labute approximate surface area is 86.3 Å². The van der Waals surface area contributed by atoms with E-state index < -0.39 is 0 Å². The van der Waals surface area contributed by atoms with Gasteiger partial charge in [0.05, 0.1) is 12.5 Å². The Kier molecular flexibility index (Phi) is 2.14. The molecule has 0 unspecified atom stereocenters. The number of aromatic hydroxyl groups is 1. The molecule has 0 atom stereocenters. The fourth-order valence-electron chi connectivity index (χ4n) is 1.57. The average Bonchev–Trinajstić information content (AvgIpc) is 2.29. The molecule has 2 rings (SSSR count). The maximum atomic E-state index is 9.83. The standard InChI is InChI=1S/C11H8N2O2/c1-15-9-4-2-3-7-5-6-8(13-12)11(14)10(7)9/h2-6H,1H3/p+1. The average molecular weight is 201 g/mol. The fraction of sp³-hybridized carbons (Fsp3) is 0.0909. The Hall–Kier alpha value is -2.28. The summed E-state index contributed by atoms with van der Waals surface area (Å²) in [5, 5.41) is 19.9. The number of diazo groups is 1. The van der Waals surface area contributed by atoms with Crippen LogP contribution in [0.4, 0.5) is 5.69 Å². The molecule has 0 saturated heterocycles. The van der Waals surface area contributed by atoms with Crippen LogP contribution in [-0.4, -0.2) is 12.2 Å². The van der Waals surface area contributed by atoms with Gasteiger partial charge in [-0.3, -0.25) is 0 Å². The molecule has 0 spiro atoms. The molecule has 0 heterocycles. The molecule has 0 bridgehead atoms. The second-order valence-electron chi connectivity index (χ2n) is 3.09. The van der Waals surface area contributed by atoms with Crippen molar-refractivity contribution in [3.05, 3.63) is 35.3 Å². The van der Waals surface area contributed by atoms with E-state index in [-0.39, 0.29) is 11.4 Å². The van der Waals surface area contributed by atoms with Gasteiger partial charge in [-0.2, -0.15) is 0 Å². The number of hydrogen-bond donors (Lipinski definition) is 1. The van der Waals surface area contributed by atoms with Crippen LogP contribution >= 0.6 is 0 Å². The van der Waals surface area contributed by atoms with Gasteiger partial charge in [-0.15, -0.1) is 0 Å². The van der Waals surface area contributed by atoms with E-state index in [1.54, 1.807) is 12.1 Å². The highest BCUT2D eigenvalue weighted by atomic mass is 16.5. The fourth-order valence-corrected chi connectivity index (χ4v) is 1.57. The first kappa shape index (κ1) is 9.28. The molecule has 4 heteroatoms. The Morgan fingerprint density at radius 1 is 1.27 bits per heavy atom. The minimum Gasteiger partial charge on any atom is -0.501 e. The third kappa shape index (κ3) is 1.34. The van der Waals surface area contributed by atoms with E-state index in [4.69, 9.17) is 10.1 Å². The van der Waals surface area contributed by atoms with Gasteiger partial charge in [0, 0.05) is 6.07 Å². The first-order valence-electron chi connectivity index (χ1n) is 4.41. The Bertz CT molecular complexity index is 558. The minimum atomic E-state index is -0.0764. The largest absolute Gasteiger partial charge is 0.501 e. The van der Waals surface area contributed by atoms with Crippen molar-refractivity contribution in [2.75, 3.05) is 7.11 Å². The predicted molar refractivity (Wildman–Crippen MR) is 56.9 cm³/mol. The predicted octanol–water partition coefficient (Wildman–Crippen LogP) is 3.04. The van der Waals surface area contributed by atoms with E-state index in [1.807, 2.05) is 12.1 Å². The number of methoxy groups -OCH3 is 1. The highest BCUT2D eigenvalue weighted by Crippen LogP contribution is 2.39. The number of ether oxygens (including phenoxy) is 1. The lowest BCUT2D eigenvalue weighted by atomic mass is 10.1. The van der Waals surface area contributed by atoms with Gasteiger partial charge in [-0.25, -0.2) is 0 Å². The number of hydrogen-bond acceptors (Lipinski definition) is 3. The second kappa shape index (κ2) is 3.46. The number of phenolic OH excluding ortho intramolecular Hbond substituents is 1. The maximum Gasteiger partial charge on any atom is 0.426 e. The van der Waals surface area contributed by atoms with E-state index >= 15 is 0 Å². The molecule has 74 valence electrons. The molecular weight excluding hydrogens is 192 g/mol. The van der Waals surface area contributed by atoms with Crippen LogP contribution in [0.2, 0.25) is 0 Å². The monoisotopic (exact) mass is 201 g/mol. The summed E-state index contributed by atoms with van der Waals surface area (Å²) in [6.07, 6.45) is 0. The summed E-state index contributed by atoms with van der Waals surface area (Å²) in [6.45, 7) is 0. The van der Waals surface area contributed by atoms with Crippen molar-refractivity contribution >= 4 is 16.5 Å². The van der Waals surface area contributed by atoms with Gasteiger partial charge in [0.25, 0.3) is 0 Å². The van der Waals surface area contributed by atoms with Crippen LogP contribution in [0.5, 0.6) is 11.5 Å². The lowest BCUT2D eigenvalue weighted by Crippen LogP contribution is -1.84. The quantitative estimate of drug-likeness (QED) is 0.721. The normalized spacial score (nSPS) is 9.87. The lowest BCUT2D eigenvalue weighted by molar-refractivity contribution is 0.416. The number of fused-ring (bicyclic) bond motifs is 1. The van der Waals surface area contributed by atoms with Crippen LogP contribution in [-0.2, 0) is 0 Å². The molecule has 0 amide bonds. The van der Waals surface area contributed by atoms with Gasteiger partial charge in [0.15, 0.2) is 4.98 Å². The van der Waals surface area contributed by atoms with Gasteiger partial charge in [0.1, 0.15) is 5.75 Å². The van der Waals surface area contributed by atoms with Crippen molar-refractivity contribution in [1.82, 2.24) is 0 Å². The molecule has 0 aromatic heterocycles. The molecule has 4 nitrogen and oxygen atoms in total. The summed E-state index contributed by atoms with van der Waals surface area (Å²) >= 11 is 0. The Balaban J connectivity index is 2.90. The zero-order chi connectivity index (χ0) is 10.8. The SMILES string of the molecule is COc1cccc2ccc([N+]#N)c(O)c12. The minimum absolute atomic E-state index is 0.0764. The van der Waals surface area contributed by atoms with Crippen molar-refractivity contribution < 1.29 is 9.84 Å². The first-order chi connectivity index (χ1) is 7.27. The molecule has 15 heavy (non-hydrogen) atoms. The summed E-state index contributed by atoms with van der Waals surface area (Å²) < 4.78 is 5.12. The van der Waals surface area contributed by atoms with Gasteiger partial charge >= 0.3 is 5.69 Å². The number of nitrogens with zero attached hydrogens (tertiary/aromatic N) is 2. The molecule has 0 aliphatic heterocycles. The van der Waals surface area contributed by atoms with Gasteiger partial charge in [-0.05, 0) is 17.5 Å². The van der Waals surface area contributed by atoms with E-state index in [0.29, 0.717) is 11.1 Å². The van der Waals surface area contributed by atoms with Crippen molar-refractivity contribution in [3.63, 3.8) is 0 Å². The molecule has 0 fully saturated rings. The molecule has 0 saturated carbocycles. The molecule has 0 radical (unpaired) electrons. The lowest BCUT2D eigenvalue weighted by Gasteiger charge is -2.04. The van der Waals surface area contributed by atoms with E-state index in [2.05, 4.69) is 4.98 Å². The van der Waals surface area contributed by atoms with Crippen molar-refractivity contribution in [1.29, 1.82) is 5.39 Å². The summed E-state index contributed by atoms with van der Waals surface area (Å²) in [6, 6.07) is 8.71. The molecule has 1 N–H and O–H groups in total. The summed E-state index contributed by atoms with van der Waals surface area (Å²) in [7, 11) is 1.52. The van der Waals surface area contributed by atoms with Crippen molar-refractivity contribution in [2.24, 2.45) is 0 Å². The number of phenols is 1. The smallest absolute Gasteiger partial charge is 0.426 e. The van der Waals surface area contributed by atoms with E-state index in [0.717, 1.165) is 5.39 Å². The van der Waals surface area contributed by atoms with Crippen LogP contribution in [0.15, 0.2) is 30.3 Å². The molecular formula is C11H9N2O2+. The van der Waals surface area contributed by atoms with Gasteiger partial charge < -0.3 is 9.84 Å². The van der Waals surface area contributed by atoms with E-state index in [9.17, 15) is 5.11 Å². The second-order valence-corrected chi connectivity index (χ2v) is 3.09. The topological polar surface area (TPSA) is 57.6 Å². The number of rotatable bonds is 1. The summed E-state index contributed by atoms with van der Waals surface area (Å²) in [5.41, 5.74) is 0.131. The first-order valence-corrected chi connectivity index (χ1v) is 4.41. The molecule has 0 aliphatic carbocycles. The third-order valence-electron chi connectivity index (χ3n) is 2.29. The van der Waals surface area contributed by atoms with Crippen LogP contribution in [0.1, 0.15) is 0 Å². The van der Waals surface area contributed by atoms with Crippen molar-refractivity contribution in [2.45, 2.75) is 0 Å². The van der Waals surface area contributed by atoms with Crippen LogP contribution in [0.3, 0.4) is 0 Å². The molecule has 0 aliphatic rings. The third-order valence-corrected chi connectivity index (χ3v) is 2.29. The van der Waals surface area contributed by atoms with Crippen molar-refractivity contribution in [3.8, 4) is 11.5 Å². The number of benzene rings is 2. The summed E-state index contributed by atoms with van der Waals surface area (Å²) in [4.78, 5) is 2.99. The molecule has 2 aromatic carbocycles. The maximum absolute atomic E-state index is 9.83.